The number of rotatable bonds is 4. The summed E-state index contributed by atoms with van der Waals surface area (Å²) in [4.78, 5) is 4.80. The van der Waals surface area contributed by atoms with Gasteiger partial charge in [-0.15, -0.1) is 0 Å². The Morgan fingerprint density at radius 1 is 1.47 bits per heavy atom. The van der Waals surface area contributed by atoms with Gasteiger partial charge >= 0.3 is 0 Å². The summed E-state index contributed by atoms with van der Waals surface area (Å²) in [5, 5.41) is 3.50. The minimum Gasteiger partial charge on any atom is -0.389 e. The summed E-state index contributed by atoms with van der Waals surface area (Å²) in [7, 11) is 0. The molecule has 2 atom stereocenters. The van der Waals surface area contributed by atoms with E-state index < -0.39 is 0 Å². The first-order valence-electron chi connectivity index (χ1n) is 6.80. The standard InChI is InChI=1S/C14H19N3OS/c1-8-4-6-16-14(11(8)13(15)19)17-10-5-7-18-12(10)9-2-3-9/h4,6,9-10,12H,2-3,5,7H2,1H3,(H2,15,19)(H,16,17). The molecule has 0 spiro atoms. The molecule has 1 aliphatic carbocycles. The molecule has 102 valence electrons. The van der Waals surface area contributed by atoms with Gasteiger partial charge in [0.2, 0.25) is 0 Å². The zero-order valence-electron chi connectivity index (χ0n) is 11.1. The summed E-state index contributed by atoms with van der Waals surface area (Å²) in [6.07, 6.45) is 5.70. The van der Waals surface area contributed by atoms with Crippen molar-refractivity contribution in [1.29, 1.82) is 0 Å². The second-order valence-corrected chi connectivity index (χ2v) is 5.87. The Kier molecular flexibility index (Phi) is 3.41. The van der Waals surface area contributed by atoms with Crippen molar-refractivity contribution in [3.8, 4) is 0 Å². The van der Waals surface area contributed by atoms with Crippen molar-refractivity contribution < 1.29 is 4.74 Å². The summed E-state index contributed by atoms with van der Waals surface area (Å²) < 4.78 is 5.84. The Balaban J connectivity index is 1.82. The van der Waals surface area contributed by atoms with Crippen molar-refractivity contribution in [2.45, 2.75) is 38.3 Å². The second kappa shape index (κ2) is 5.06. The quantitative estimate of drug-likeness (QED) is 0.824. The highest BCUT2D eigenvalue weighted by Crippen LogP contribution is 2.39. The van der Waals surface area contributed by atoms with Gasteiger partial charge in [-0.2, -0.15) is 0 Å². The van der Waals surface area contributed by atoms with Gasteiger partial charge in [-0.25, -0.2) is 4.98 Å². The van der Waals surface area contributed by atoms with Gasteiger partial charge < -0.3 is 15.8 Å². The van der Waals surface area contributed by atoms with E-state index in [9.17, 15) is 0 Å². The minimum absolute atomic E-state index is 0.321. The molecule has 3 rings (SSSR count). The van der Waals surface area contributed by atoms with Gasteiger partial charge in [-0.3, -0.25) is 0 Å². The van der Waals surface area contributed by atoms with Gasteiger partial charge in [0.15, 0.2) is 0 Å². The molecule has 0 amide bonds. The Hall–Kier alpha value is -1.20. The highest BCUT2D eigenvalue weighted by atomic mass is 32.1. The molecule has 2 heterocycles. The molecule has 1 aliphatic heterocycles. The molecule has 1 saturated heterocycles. The van der Waals surface area contributed by atoms with E-state index in [4.69, 9.17) is 22.7 Å². The predicted molar refractivity (Wildman–Crippen MR) is 79.4 cm³/mol. The van der Waals surface area contributed by atoms with Crippen LogP contribution in [0.3, 0.4) is 0 Å². The van der Waals surface area contributed by atoms with E-state index >= 15 is 0 Å². The average molecular weight is 277 g/mol. The number of aromatic nitrogens is 1. The van der Waals surface area contributed by atoms with Crippen molar-refractivity contribution in [2.24, 2.45) is 11.7 Å². The number of hydrogen-bond donors (Lipinski definition) is 2. The largest absolute Gasteiger partial charge is 0.389 e. The topological polar surface area (TPSA) is 60.2 Å². The van der Waals surface area contributed by atoms with Crippen LogP contribution in [0.15, 0.2) is 12.3 Å². The number of nitrogens with zero attached hydrogens (tertiary/aromatic N) is 1. The fraction of sp³-hybridized carbons (Fsp3) is 0.571. The first kappa shape index (κ1) is 12.8. The van der Waals surface area contributed by atoms with Crippen LogP contribution < -0.4 is 11.1 Å². The highest BCUT2D eigenvalue weighted by Gasteiger charge is 2.40. The molecular weight excluding hydrogens is 258 g/mol. The van der Waals surface area contributed by atoms with Crippen LogP contribution in [0.1, 0.15) is 30.4 Å². The third-order valence-electron chi connectivity index (χ3n) is 3.95. The third kappa shape index (κ3) is 2.58. The lowest BCUT2D eigenvalue weighted by atomic mass is 10.1. The Labute approximate surface area is 118 Å². The van der Waals surface area contributed by atoms with E-state index in [1.54, 1.807) is 6.20 Å². The van der Waals surface area contributed by atoms with Gasteiger partial charge in [-0.1, -0.05) is 12.2 Å². The predicted octanol–water partition coefficient (Wildman–Crippen LogP) is 2.00. The lowest BCUT2D eigenvalue weighted by Crippen LogP contribution is -2.32. The van der Waals surface area contributed by atoms with Crippen molar-refractivity contribution in [1.82, 2.24) is 4.98 Å². The van der Waals surface area contributed by atoms with Crippen molar-refractivity contribution in [3.63, 3.8) is 0 Å². The summed E-state index contributed by atoms with van der Waals surface area (Å²) in [6, 6.07) is 2.26. The summed E-state index contributed by atoms with van der Waals surface area (Å²) in [6.45, 7) is 2.83. The molecule has 2 aliphatic rings. The smallest absolute Gasteiger partial charge is 0.136 e. The fourth-order valence-corrected chi connectivity index (χ4v) is 3.07. The monoisotopic (exact) mass is 277 g/mol. The van der Waals surface area contributed by atoms with Crippen LogP contribution in [0, 0.1) is 12.8 Å². The maximum Gasteiger partial charge on any atom is 0.136 e. The van der Waals surface area contributed by atoms with E-state index in [1.165, 1.54) is 12.8 Å². The van der Waals surface area contributed by atoms with Gasteiger partial charge in [0.25, 0.3) is 0 Å². The zero-order chi connectivity index (χ0) is 13.4. The molecule has 3 N–H and O–H groups in total. The molecular formula is C14H19N3OS. The number of aryl methyl sites for hydroxylation is 1. The summed E-state index contributed by atoms with van der Waals surface area (Å²) >= 11 is 5.14. The van der Waals surface area contributed by atoms with Gasteiger partial charge in [-0.05, 0) is 43.7 Å². The van der Waals surface area contributed by atoms with Crippen LogP contribution in [0.4, 0.5) is 5.82 Å². The van der Waals surface area contributed by atoms with Crippen LogP contribution in [0.2, 0.25) is 0 Å². The number of thiocarbonyl (C=S) groups is 1. The van der Waals surface area contributed by atoms with E-state index in [1.807, 2.05) is 13.0 Å². The maximum atomic E-state index is 5.84. The Morgan fingerprint density at radius 2 is 2.26 bits per heavy atom. The van der Waals surface area contributed by atoms with E-state index in [-0.39, 0.29) is 0 Å². The van der Waals surface area contributed by atoms with Crippen molar-refractivity contribution in [2.75, 3.05) is 11.9 Å². The van der Waals surface area contributed by atoms with Crippen LogP contribution >= 0.6 is 12.2 Å². The summed E-state index contributed by atoms with van der Waals surface area (Å²) in [5.41, 5.74) is 7.74. The molecule has 0 aromatic carbocycles. The molecule has 2 fully saturated rings. The Morgan fingerprint density at radius 3 is 2.95 bits per heavy atom. The normalized spacial score (nSPS) is 26.4. The number of anilines is 1. The second-order valence-electron chi connectivity index (χ2n) is 5.43. The van der Waals surface area contributed by atoms with Gasteiger partial charge in [0.05, 0.1) is 17.7 Å². The fourth-order valence-electron chi connectivity index (χ4n) is 2.81. The molecule has 5 heteroatoms. The highest BCUT2D eigenvalue weighted by molar-refractivity contribution is 7.80. The number of hydrogen-bond acceptors (Lipinski definition) is 4. The first-order valence-corrected chi connectivity index (χ1v) is 7.21. The Bertz CT molecular complexity index is 501. The van der Waals surface area contributed by atoms with Crippen molar-refractivity contribution in [3.05, 3.63) is 23.4 Å². The number of pyridine rings is 1. The van der Waals surface area contributed by atoms with Crippen LogP contribution in [0.25, 0.3) is 0 Å². The maximum absolute atomic E-state index is 5.84. The van der Waals surface area contributed by atoms with Crippen LogP contribution in [-0.4, -0.2) is 28.7 Å². The molecule has 4 nitrogen and oxygen atoms in total. The molecule has 1 saturated carbocycles. The van der Waals surface area contributed by atoms with E-state index in [2.05, 4.69) is 10.3 Å². The molecule has 1 aromatic heterocycles. The summed E-state index contributed by atoms with van der Waals surface area (Å²) in [5.74, 6) is 1.52. The van der Waals surface area contributed by atoms with Gasteiger partial charge in [0.1, 0.15) is 10.8 Å². The number of nitrogens with one attached hydrogen (secondary N) is 1. The zero-order valence-corrected chi connectivity index (χ0v) is 11.9. The third-order valence-corrected chi connectivity index (χ3v) is 4.15. The van der Waals surface area contributed by atoms with E-state index in [0.29, 0.717) is 17.1 Å². The minimum atomic E-state index is 0.321. The average Bonchev–Trinajstić information content (AvgIpc) is 3.10. The molecule has 19 heavy (non-hydrogen) atoms. The molecule has 2 unspecified atom stereocenters. The van der Waals surface area contributed by atoms with Gasteiger partial charge in [0, 0.05) is 12.8 Å². The SMILES string of the molecule is Cc1ccnc(NC2CCOC2C2CC2)c1C(N)=S. The molecule has 0 bridgehead atoms. The lowest BCUT2D eigenvalue weighted by Gasteiger charge is -2.22. The van der Waals surface area contributed by atoms with Crippen LogP contribution in [0.5, 0.6) is 0 Å². The van der Waals surface area contributed by atoms with Crippen molar-refractivity contribution >= 4 is 23.0 Å². The molecule has 1 aromatic rings. The molecule has 0 radical (unpaired) electrons. The van der Waals surface area contributed by atoms with Crippen LogP contribution in [-0.2, 0) is 4.74 Å². The number of nitrogens with two attached hydrogens (primary N) is 1. The first-order chi connectivity index (χ1) is 9.16. The van der Waals surface area contributed by atoms with E-state index in [0.717, 1.165) is 35.9 Å². The lowest BCUT2D eigenvalue weighted by molar-refractivity contribution is 0.0898. The number of ether oxygens (including phenoxy) is 1.